The zero-order chi connectivity index (χ0) is 14.7. The van der Waals surface area contributed by atoms with Gasteiger partial charge in [0.05, 0.1) is 12.5 Å². The number of benzene rings is 2. The van der Waals surface area contributed by atoms with E-state index in [2.05, 4.69) is 6.07 Å². The van der Waals surface area contributed by atoms with Gasteiger partial charge in [0.1, 0.15) is 11.5 Å². The first-order chi connectivity index (χ1) is 9.51. The van der Waals surface area contributed by atoms with Gasteiger partial charge < -0.3 is 10.5 Å². The molecule has 0 aliphatic carbocycles. The molecular weight excluding hydrogens is 272 g/mol. The van der Waals surface area contributed by atoms with Gasteiger partial charge in [-0.05, 0) is 60.9 Å². The van der Waals surface area contributed by atoms with E-state index >= 15 is 0 Å². The van der Waals surface area contributed by atoms with Gasteiger partial charge in [-0.1, -0.05) is 11.6 Å². The fourth-order valence-electron chi connectivity index (χ4n) is 1.99. The molecule has 0 amide bonds. The first-order valence-corrected chi connectivity index (χ1v) is 6.59. The summed E-state index contributed by atoms with van der Waals surface area (Å²) in [6.45, 7) is 3.87. The van der Waals surface area contributed by atoms with Crippen molar-refractivity contribution in [3.8, 4) is 17.6 Å². The number of nitriles is 1. The number of nitrogen functional groups attached to an aromatic ring is 1. The molecule has 2 N–H and O–H groups in total. The van der Waals surface area contributed by atoms with Gasteiger partial charge in [-0.25, -0.2) is 0 Å². The molecular formula is C16H15ClN2O. The Kier molecular flexibility index (Phi) is 4.16. The van der Waals surface area contributed by atoms with E-state index in [0.29, 0.717) is 11.4 Å². The molecule has 0 radical (unpaired) electrons. The summed E-state index contributed by atoms with van der Waals surface area (Å²) < 4.78 is 5.81. The number of anilines is 1. The van der Waals surface area contributed by atoms with Crippen molar-refractivity contribution in [3.05, 3.63) is 52.0 Å². The van der Waals surface area contributed by atoms with E-state index in [1.165, 1.54) is 0 Å². The zero-order valence-electron chi connectivity index (χ0n) is 11.4. The second kappa shape index (κ2) is 5.85. The minimum Gasteiger partial charge on any atom is -0.457 e. The summed E-state index contributed by atoms with van der Waals surface area (Å²) in [6, 6.07) is 11.2. The molecule has 2 aromatic rings. The Morgan fingerprint density at radius 3 is 2.40 bits per heavy atom. The third-order valence-corrected chi connectivity index (χ3v) is 3.63. The highest BCUT2D eigenvalue weighted by atomic mass is 35.5. The molecule has 0 saturated heterocycles. The SMILES string of the molecule is Cc1cc(Oc2ccc(N)c(CC#N)c2)cc(C)c1Cl. The van der Waals surface area contributed by atoms with Crippen LogP contribution in [0.3, 0.4) is 0 Å². The van der Waals surface area contributed by atoms with Gasteiger partial charge in [0.2, 0.25) is 0 Å². The van der Waals surface area contributed by atoms with Crippen LogP contribution in [-0.2, 0) is 6.42 Å². The smallest absolute Gasteiger partial charge is 0.128 e. The van der Waals surface area contributed by atoms with E-state index < -0.39 is 0 Å². The van der Waals surface area contributed by atoms with Crippen molar-refractivity contribution in [2.24, 2.45) is 0 Å². The minimum atomic E-state index is 0.266. The maximum atomic E-state index is 8.77. The van der Waals surface area contributed by atoms with Crippen LogP contribution in [0.2, 0.25) is 5.02 Å². The number of aryl methyl sites for hydroxylation is 2. The molecule has 0 spiro atoms. The van der Waals surface area contributed by atoms with Crippen LogP contribution in [0.4, 0.5) is 5.69 Å². The summed E-state index contributed by atoms with van der Waals surface area (Å²) in [5.74, 6) is 1.38. The van der Waals surface area contributed by atoms with Gasteiger partial charge in [0.15, 0.2) is 0 Å². The largest absolute Gasteiger partial charge is 0.457 e. The molecule has 2 aromatic carbocycles. The second-order valence-corrected chi connectivity index (χ2v) is 5.05. The first kappa shape index (κ1) is 14.2. The van der Waals surface area contributed by atoms with Crippen LogP contribution in [0.5, 0.6) is 11.5 Å². The first-order valence-electron chi connectivity index (χ1n) is 6.21. The Hall–Kier alpha value is -2.18. The average Bonchev–Trinajstić information content (AvgIpc) is 2.40. The van der Waals surface area contributed by atoms with Crippen LogP contribution in [0.15, 0.2) is 30.3 Å². The molecule has 20 heavy (non-hydrogen) atoms. The maximum Gasteiger partial charge on any atom is 0.128 e. The number of nitrogens with two attached hydrogens (primary N) is 1. The number of ether oxygens (including phenoxy) is 1. The number of hydrogen-bond donors (Lipinski definition) is 1. The molecule has 2 rings (SSSR count). The lowest BCUT2D eigenvalue weighted by Gasteiger charge is -2.11. The quantitative estimate of drug-likeness (QED) is 0.851. The van der Waals surface area contributed by atoms with Crippen LogP contribution >= 0.6 is 11.6 Å². The highest BCUT2D eigenvalue weighted by Gasteiger charge is 2.06. The van der Waals surface area contributed by atoms with Crippen LogP contribution in [0, 0.1) is 25.2 Å². The topological polar surface area (TPSA) is 59.0 Å². The standard InChI is InChI=1S/C16H15ClN2O/c1-10-7-14(8-11(2)16(10)17)20-13-3-4-15(19)12(9-13)5-6-18/h3-4,7-9H,5,19H2,1-2H3. The van der Waals surface area contributed by atoms with E-state index in [1.54, 1.807) is 18.2 Å². The summed E-state index contributed by atoms with van der Waals surface area (Å²) in [7, 11) is 0. The number of nitrogens with zero attached hydrogens (tertiary/aromatic N) is 1. The third-order valence-electron chi connectivity index (χ3n) is 3.03. The second-order valence-electron chi connectivity index (χ2n) is 4.67. The lowest BCUT2D eigenvalue weighted by atomic mass is 10.1. The molecule has 0 aromatic heterocycles. The summed E-state index contributed by atoms with van der Waals surface area (Å²) in [5, 5.41) is 9.52. The fraction of sp³-hybridized carbons (Fsp3) is 0.188. The van der Waals surface area contributed by atoms with Gasteiger partial charge in [-0.3, -0.25) is 0 Å². The summed E-state index contributed by atoms with van der Waals surface area (Å²) in [6.07, 6.45) is 0.266. The molecule has 0 bridgehead atoms. The van der Waals surface area contributed by atoms with E-state index in [9.17, 15) is 0 Å². The molecule has 0 unspecified atom stereocenters. The van der Waals surface area contributed by atoms with E-state index in [0.717, 1.165) is 27.5 Å². The number of rotatable bonds is 3. The molecule has 0 fully saturated rings. The van der Waals surface area contributed by atoms with Crippen LogP contribution < -0.4 is 10.5 Å². The third kappa shape index (κ3) is 3.04. The summed E-state index contributed by atoms with van der Waals surface area (Å²) >= 11 is 6.13. The maximum absolute atomic E-state index is 8.77. The minimum absolute atomic E-state index is 0.266. The Balaban J connectivity index is 2.31. The normalized spacial score (nSPS) is 10.1. The highest BCUT2D eigenvalue weighted by Crippen LogP contribution is 2.30. The molecule has 3 nitrogen and oxygen atoms in total. The van der Waals surface area contributed by atoms with E-state index in [1.807, 2.05) is 26.0 Å². The average molecular weight is 287 g/mol. The van der Waals surface area contributed by atoms with Gasteiger partial charge in [-0.2, -0.15) is 5.26 Å². The summed E-state index contributed by atoms with van der Waals surface area (Å²) in [4.78, 5) is 0. The van der Waals surface area contributed by atoms with Gasteiger partial charge in [0, 0.05) is 10.7 Å². The van der Waals surface area contributed by atoms with Crippen LogP contribution in [-0.4, -0.2) is 0 Å². The number of hydrogen-bond acceptors (Lipinski definition) is 3. The van der Waals surface area contributed by atoms with Crippen molar-refractivity contribution in [3.63, 3.8) is 0 Å². The Morgan fingerprint density at radius 1 is 1.15 bits per heavy atom. The van der Waals surface area contributed by atoms with Gasteiger partial charge >= 0.3 is 0 Å². The van der Waals surface area contributed by atoms with Crippen molar-refractivity contribution < 1.29 is 4.74 Å². The lowest BCUT2D eigenvalue weighted by Crippen LogP contribution is -1.95. The Labute approximate surface area is 123 Å². The zero-order valence-corrected chi connectivity index (χ0v) is 12.2. The van der Waals surface area contributed by atoms with Crippen molar-refractivity contribution in [2.75, 3.05) is 5.73 Å². The predicted octanol–water partition coefficient (Wildman–Crippen LogP) is 4.40. The van der Waals surface area contributed by atoms with Crippen molar-refractivity contribution >= 4 is 17.3 Å². The molecule has 0 aliphatic heterocycles. The molecule has 0 atom stereocenters. The molecule has 4 heteroatoms. The molecule has 102 valence electrons. The van der Waals surface area contributed by atoms with Crippen molar-refractivity contribution in [2.45, 2.75) is 20.3 Å². The van der Waals surface area contributed by atoms with Crippen molar-refractivity contribution in [1.82, 2.24) is 0 Å². The van der Waals surface area contributed by atoms with Crippen LogP contribution in [0.25, 0.3) is 0 Å². The van der Waals surface area contributed by atoms with E-state index in [-0.39, 0.29) is 6.42 Å². The molecule has 0 saturated carbocycles. The van der Waals surface area contributed by atoms with Gasteiger partial charge in [-0.15, -0.1) is 0 Å². The number of halogens is 1. The highest BCUT2D eigenvalue weighted by molar-refractivity contribution is 6.32. The predicted molar refractivity (Wildman–Crippen MR) is 81.2 cm³/mol. The molecule has 0 heterocycles. The summed E-state index contributed by atoms with van der Waals surface area (Å²) in [5.41, 5.74) is 9.12. The lowest BCUT2D eigenvalue weighted by molar-refractivity contribution is 0.481. The van der Waals surface area contributed by atoms with Crippen LogP contribution in [0.1, 0.15) is 16.7 Å². The van der Waals surface area contributed by atoms with Crippen molar-refractivity contribution in [1.29, 1.82) is 5.26 Å². The van der Waals surface area contributed by atoms with E-state index in [4.69, 9.17) is 27.3 Å². The van der Waals surface area contributed by atoms with Gasteiger partial charge in [0.25, 0.3) is 0 Å². The molecule has 0 aliphatic rings. The fourth-order valence-corrected chi connectivity index (χ4v) is 2.09. The Morgan fingerprint density at radius 2 is 1.80 bits per heavy atom. The Bertz CT molecular complexity index is 666. The monoisotopic (exact) mass is 286 g/mol.